The Morgan fingerprint density at radius 3 is 2.67 bits per heavy atom. The van der Waals surface area contributed by atoms with Crippen molar-refractivity contribution < 1.29 is 4.79 Å². The Morgan fingerprint density at radius 1 is 1.24 bits per heavy atom. The van der Waals surface area contributed by atoms with Crippen LogP contribution in [0.25, 0.3) is 0 Å². The van der Waals surface area contributed by atoms with Crippen LogP contribution in [-0.2, 0) is 0 Å². The third-order valence-electron chi connectivity index (χ3n) is 3.44. The Labute approximate surface area is 125 Å². The van der Waals surface area contributed by atoms with Crippen molar-refractivity contribution in [2.24, 2.45) is 0 Å². The maximum atomic E-state index is 12.2. The largest absolute Gasteiger partial charge is 0.359 e. The molecule has 1 heterocycles. The first-order chi connectivity index (χ1) is 10.1. The van der Waals surface area contributed by atoms with Gasteiger partial charge in [0.1, 0.15) is 0 Å². The van der Waals surface area contributed by atoms with E-state index in [2.05, 4.69) is 36.3 Å². The molecule has 0 saturated carbocycles. The van der Waals surface area contributed by atoms with E-state index < -0.39 is 0 Å². The molecule has 3 nitrogen and oxygen atoms in total. The fraction of sp³-hybridized carbons (Fsp3) is 0.222. The number of ketones is 1. The smallest absolute Gasteiger partial charge is 0.189 e. The van der Waals surface area contributed by atoms with Crippen molar-refractivity contribution in [2.75, 3.05) is 5.32 Å². The van der Waals surface area contributed by atoms with Gasteiger partial charge < -0.3 is 5.32 Å². The molecule has 1 N–H and O–H groups in total. The Bertz CT molecular complexity index is 660. The number of aromatic nitrogens is 1. The van der Waals surface area contributed by atoms with Crippen molar-refractivity contribution in [3.63, 3.8) is 0 Å². The Hall–Kier alpha value is -2.42. The zero-order chi connectivity index (χ0) is 15.2. The number of carbonyl (C=O) groups excluding carboxylic acids is 1. The molecule has 0 fully saturated rings. The molecule has 0 bridgehead atoms. The van der Waals surface area contributed by atoms with Gasteiger partial charge in [-0.05, 0) is 55.7 Å². The summed E-state index contributed by atoms with van der Waals surface area (Å²) in [6.07, 6.45) is 5.65. The van der Waals surface area contributed by atoms with E-state index >= 15 is 0 Å². The highest BCUT2D eigenvalue weighted by Crippen LogP contribution is 2.17. The number of nitrogens with zero attached hydrogens (tertiary/aromatic N) is 1. The van der Waals surface area contributed by atoms with Gasteiger partial charge in [-0.15, -0.1) is 0 Å². The van der Waals surface area contributed by atoms with Crippen LogP contribution in [0.5, 0.6) is 0 Å². The van der Waals surface area contributed by atoms with E-state index in [0.29, 0.717) is 5.56 Å². The molecule has 1 aromatic heterocycles. The highest BCUT2D eigenvalue weighted by Gasteiger charge is 2.05. The fourth-order valence-corrected chi connectivity index (χ4v) is 1.98. The molecule has 1 aromatic carbocycles. The van der Waals surface area contributed by atoms with Gasteiger partial charge in [-0.1, -0.05) is 13.0 Å². The van der Waals surface area contributed by atoms with Crippen LogP contribution in [0.4, 0.5) is 5.69 Å². The molecule has 0 radical (unpaired) electrons. The lowest BCUT2D eigenvalue weighted by molar-refractivity contribution is 0.104. The van der Waals surface area contributed by atoms with Crippen LogP contribution in [0.15, 0.2) is 54.5 Å². The first kappa shape index (κ1) is 15.0. The Balaban J connectivity index is 2.17. The van der Waals surface area contributed by atoms with Crippen LogP contribution in [0.2, 0.25) is 0 Å². The number of aryl methyl sites for hydroxylation is 2. The number of pyridine rings is 1. The van der Waals surface area contributed by atoms with Crippen molar-refractivity contribution in [2.45, 2.75) is 27.2 Å². The number of benzene rings is 1. The van der Waals surface area contributed by atoms with E-state index in [1.807, 2.05) is 13.0 Å². The highest BCUT2D eigenvalue weighted by molar-refractivity contribution is 6.04. The highest BCUT2D eigenvalue weighted by atomic mass is 16.1. The van der Waals surface area contributed by atoms with Gasteiger partial charge in [0.05, 0.1) is 0 Å². The third kappa shape index (κ3) is 4.02. The minimum Gasteiger partial charge on any atom is -0.359 e. The van der Waals surface area contributed by atoms with Gasteiger partial charge in [-0.3, -0.25) is 9.78 Å². The van der Waals surface area contributed by atoms with Crippen molar-refractivity contribution in [3.8, 4) is 0 Å². The quantitative estimate of drug-likeness (QED) is 0.656. The summed E-state index contributed by atoms with van der Waals surface area (Å²) in [5.74, 6) is -0.0312. The van der Waals surface area contributed by atoms with Gasteiger partial charge in [-0.25, -0.2) is 0 Å². The lowest BCUT2D eigenvalue weighted by Gasteiger charge is -2.11. The first-order valence-electron chi connectivity index (χ1n) is 7.09. The number of hydrogen-bond acceptors (Lipinski definition) is 3. The molecule has 0 aliphatic heterocycles. The normalized spacial score (nSPS) is 11.3. The minimum absolute atomic E-state index is 0.0312. The van der Waals surface area contributed by atoms with Crippen molar-refractivity contribution >= 4 is 11.5 Å². The lowest BCUT2D eigenvalue weighted by Crippen LogP contribution is -2.04. The molecule has 0 unspecified atom stereocenters. The second-order valence-corrected chi connectivity index (χ2v) is 5.05. The molecule has 0 aliphatic rings. The van der Waals surface area contributed by atoms with Crippen LogP contribution in [0.3, 0.4) is 0 Å². The van der Waals surface area contributed by atoms with Crippen molar-refractivity contribution in [3.05, 3.63) is 71.2 Å². The topological polar surface area (TPSA) is 42.0 Å². The van der Waals surface area contributed by atoms with Gasteiger partial charge in [0.25, 0.3) is 0 Å². The number of rotatable bonds is 5. The van der Waals surface area contributed by atoms with Crippen LogP contribution in [-0.4, -0.2) is 10.8 Å². The molecule has 2 rings (SSSR count). The maximum absolute atomic E-state index is 12.2. The molecule has 0 atom stereocenters. The van der Waals surface area contributed by atoms with Gasteiger partial charge >= 0.3 is 0 Å². The van der Waals surface area contributed by atoms with E-state index in [1.54, 1.807) is 30.6 Å². The van der Waals surface area contributed by atoms with Gasteiger partial charge in [0.15, 0.2) is 5.78 Å². The van der Waals surface area contributed by atoms with Crippen LogP contribution < -0.4 is 5.32 Å². The second kappa shape index (κ2) is 6.84. The van der Waals surface area contributed by atoms with Crippen LogP contribution in [0.1, 0.15) is 34.8 Å². The number of carbonyl (C=O) groups is 1. The van der Waals surface area contributed by atoms with E-state index in [0.717, 1.165) is 17.8 Å². The molecule has 0 saturated heterocycles. The summed E-state index contributed by atoms with van der Waals surface area (Å²) in [4.78, 5) is 16.1. The predicted octanol–water partition coefficient (Wildman–Crippen LogP) is 4.29. The minimum atomic E-state index is -0.0312. The van der Waals surface area contributed by atoms with Crippen LogP contribution >= 0.6 is 0 Å². The number of nitrogens with one attached hydrogen (secondary N) is 1. The Kier molecular flexibility index (Phi) is 4.88. The van der Waals surface area contributed by atoms with Gasteiger partial charge in [-0.2, -0.15) is 0 Å². The second-order valence-electron chi connectivity index (χ2n) is 5.05. The Morgan fingerprint density at radius 2 is 2.05 bits per heavy atom. The standard InChI is InChI=1S/C18H20N2O/c1-4-16(11-18(21)15-6-5-9-19-12-15)20-17-8-7-13(2)14(3)10-17/h5-12,20H,4H2,1-3H3/b16-11+. The molecular formula is C18H20N2O. The fourth-order valence-electron chi connectivity index (χ4n) is 1.98. The van der Waals surface area contributed by atoms with Crippen molar-refractivity contribution in [1.82, 2.24) is 4.98 Å². The van der Waals surface area contributed by atoms with Gasteiger partial charge in [0.2, 0.25) is 0 Å². The van der Waals surface area contributed by atoms with Gasteiger partial charge in [0, 0.05) is 35.4 Å². The summed E-state index contributed by atoms with van der Waals surface area (Å²) in [6.45, 7) is 6.19. The summed E-state index contributed by atoms with van der Waals surface area (Å²) in [5, 5.41) is 3.32. The monoisotopic (exact) mass is 280 g/mol. The maximum Gasteiger partial charge on any atom is 0.189 e. The molecular weight excluding hydrogens is 260 g/mol. The molecule has 0 aliphatic carbocycles. The third-order valence-corrected chi connectivity index (χ3v) is 3.44. The first-order valence-corrected chi connectivity index (χ1v) is 7.09. The summed E-state index contributed by atoms with van der Waals surface area (Å²) in [6, 6.07) is 9.74. The van der Waals surface area contributed by atoms with E-state index in [1.165, 1.54) is 11.1 Å². The van der Waals surface area contributed by atoms with Crippen molar-refractivity contribution in [1.29, 1.82) is 0 Å². The molecule has 0 spiro atoms. The molecule has 21 heavy (non-hydrogen) atoms. The average Bonchev–Trinajstić information content (AvgIpc) is 2.51. The lowest BCUT2D eigenvalue weighted by atomic mass is 10.1. The van der Waals surface area contributed by atoms with E-state index in [-0.39, 0.29) is 5.78 Å². The summed E-state index contributed by atoms with van der Waals surface area (Å²) in [5.41, 5.74) is 4.99. The molecule has 108 valence electrons. The zero-order valence-electron chi connectivity index (χ0n) is 12.7. The number of allylic oxidation sites excluding steroid dienone is 2. The number of hydrogen-bond donors (Lipinski definition) is 1. The summed E-state index contributed by atoms with van der Waals surface area (Å²) >= 11 is 0. The predicted molar refractivity (Wildman–Crippen MR) is 86.5 cm³/mol. The molecule has 2 aromatic rings. The SMILES string of the molecule is CC/C(=C\C(=O)c1cccnc1)Nc1ccc(C)c(C)c1. The molecule has 0 amide bonds. The van der Waals surface area contributed by atoms with E-state index in [9.17, 15) is 4.79 Å². The van der Waals surface area contributed by atoms with Crippen LogP contribution in [0, 0.1) is 13.8 Å². The summed E-state index contributed by atoms with van der Waals surface area (Å²) < 4.78 is 0. The van der Waals surface area contributed by atoms with E-state index in [4.69, 9.17) is 0 Å². The zero-order valence-corrected chi connectivity index (χ0v) is 12.7. The summed E-state index contributed by atoms with van der Waals surface area (Å²) in [7, 11) is 0. The number of anilines is 1. The average molecular weight is 280 g/mol. The molecule has 3 heteroatoms.